The van der Waals surface area contributed by atoms with Gasteiger partial charge in [-0.1, -0.05) is 0 Å². The molecule has 6 nitrogen and oxygen atoms in total. The summed E-state index contributed by atoms with van der Waals surface area (Å²) in [5.41, 5.74) is 6.24. The molecule has 0 saturated carbocycles. The molecule has 1 amide bonds. The zero-order valence-corrected chi connectivity index (χ0v) is 11.7. The zero-order chi connectivity index (χ0) is 15.1. The van der Waals surface area contributed by atoms with Crippen LogP contribution in [0.3, 0.4) is 0 Å². The van der Waals surface area contributed by atoms with E-state index in [0.29, 0.717) is 17.6 Å². The Labute approximate surface area is 116 Å². The van der Waals surface area contributed by atoms with Gasteiger partial charge in [-0.05, 0) is 39.0 Å². The van der Waals surface area contributed by atoms with Crippen molar-refractivity contribution in [3.05, 3.63) is 29.6 Å². The summed E-state index contributed by atoms with van der Waals surface area (Å²) in [6, 6.07) is 4.75. The highest BCUT2D eigenvalue weighted by Crippen LogP contribution is 2.24. The van der Waals surface area contributed by atoms with Crippen molar-refractivity contribution in [1.82, 2.24) is 9.55 Å². The van der Waals surface area contributed by atoms with Crippen LogP contribution in [-0.4, -0.2) is 26.5 Å². The molecule has 6 heteroatoms. The quantitative estimate of drug-likeness (QED) is 0.884. The van der Waals surface area contributed by atoms with Gasteiger partial charge >= 0.3 is 5.97 Å². The molecule has 0 aliphatic carbocycles. The van der Waals surface area contributed by atoms with Crippen LogP contribution >= 0.6 is 0 Å². The molecule has 3 N–H and O–H groups in total. The minimum atomic E-state index is -0.994. The zero-order valence-electron chi connectivity index (χ0n) is 11.7. The first-order valence-corrected chi connectivity index (χ1v) is 6.22. The molecule has 0 saturated heterocycles. The number of amides is 1. The van der Waals surface area contributed by atoms with E-state index in [0.717, 1.165) is 5.82 Å². The Morgan fingerprint density at radius 3 is 2.60 bits per heavy atom. The Morgan fingerprint density at radius 2 is 2.05 bits per heavy atom. The van der Waals surface area contributed by atoms with E-state index < -0.39 is 17.3 Å². The summed E-state index contributed by atoms with van der Waals surface area (Å²) < 4.78 is 1.83. The Hall–Kier alpha value is -2.37. The Bertz CT molecular complexity index is 701. The first-order valence-electron chi connectivity index (χ1n) is 6.22. The van der Waals surface area contributed by atoms with Crippen molar-refractivity contribution in [1.29, 1.82) is 0 Å². The number of hydrogen-bond donors (Lipinski definition) is 2. The number of aromatic nitrogens is 2. The van der Waals surface area contributed by atoms with Crippen LogP contribution in [-0.2, 0) is 11.3 Å². The van der Waals surface area contributed by atoms with E-state index in [4.69, 9.17) is 10.8 Å². The third-order valence-corrected chi connectivity index (χ3v) is 3.41. The number of benzene rings is 1. The highest BCUT2D eigenvalue weighted by Gasteiger charge is 2.27. The maximum Gasteiger partial charge on any atom is 0.335 e. The second-order valence-corrected chi connectivity index (χ2v) is 5.50. The number of hydrogen-bond acceptors (Lipinski definition) is 3. The molecule has 0 spiro atoms. The highest BCUT2D eigenvalue weighted by atomic mass is 16.4. The lowest BCUT2D eigenvalue weighted by Crippen LogP contribution is -2.35. The maximum absolute atomic E-state index is 11.5. The van der Waals surface area contributed by atoms with Crippen molar-refractivity contribution in [3.63, 3.8) is 0 Å². The fourth-order valence-electron chi connectivity index (χ4n) is 2.05. The van der Waals surface area contributed by atoms with E-state index in [-0.39, 0.29) is 5.56 Å². The Morgan fingerprint density at radius 1 is 1.40 bits per heavy atom. The number of imidazole rings is 1. The maximum atomic E-state index is 11.5. The molecule has 0 bridgehead atoms. The number of carboxylic acid groups (broad SMARTS) is 1. The number of primary amides is 1. The molecule has 0 aliphatic rings. The average Bonchev–Trinajstić information content (AvgIpc) is 2.64. The van der Waals surface area contributed by atoms with Gasteiger partial charge in [-0.3, -0.25) is 4.79 Å². The molecule has 20 heavy (non-hydrogen) atoms. The summed E-state index contributed by atoms with van der Waals surface area (Å²) in [6.45, 7) is 5.68. The van der Waals surface area contributed by atoms with Crippen LogP contribution in [0.1, 0.15) is 30.0 Å². The summed E-state index contributed by atoms with van der Waals surface area (Å²) in [6.07, 6.45) is 0. The van der Waals surface area contributed by atoms with E-state index in [1.54, 1.807) is 26.0 Å². The summed E-state index contributed by atoms with van der Waals surface area (Å²) in [5, 5.41) is 9.06. The summed E-state index contributed by atoms with van der Waals surface area (Å²) >= 11 is 0. The number of carboxylic acids is 1. The Kier molecular flexibility index (Phi) is 3.25. The molecule has 0 aliphatic heterocycles. The summed E-state index contributed by atoms with van der Waals surface area (Å²) in [4.78, 5) is 26.9. The lowest BCUT2D eigenvalue weighted by Gasteiger charge is -2.22. The minimum absolute atomic E-state index is 0.190. The van der Waals surface area contributed by atoms with Gasteiger partial charge in [0, 0.05) is 6.54 Å². The number of rotatable bonds is 4. The number of aromatic carboxylic acids is 1. The van der Waals surface area contributed by atoms with E-state index in [1.165, 1.54) is 6.07 Å². The van der Waals surface area contributed by atoms with Crippen molar-refractivity contribution >= 4 is 22.9 Å². The fraction of sp³-hybridized carbons (Fsp3) is 0.357. The van der Waals surface area contributed by atoms with Crippen LogP contribution < -0.4 is 5.73 Å². The van der Waals surface area contributed by atoms with Crippen molar-refractivity contribution in [2.75, 3.05) is 0 Å². The van der Waals surface area contributed by atoms with Gasteiger partial charge in [0.05, 0.1) is 22.0 Å². The molecule has 0 fully saturated rings. The number of nitrogens with zero attached hydrogens (tertiary/aromatic N) is 2. The molecule has 106 valence electrons. The minimum Gasteiger partial charge on any atom is -0.478 e. The van der Waals surface area contributed by atoms with Crippen LogP contribution in [0.5, 0.6) is 0 Å². The normalized spacial score (nSPS) is 11.8. The van der Waals surface area contributed by atoms with Gasteiger partial charge in [0.25, 0.3) is 0 Å². The van der Waals surface area contributed by atoms with Crippen LogP contribution in [0.2, 0.25) is 0 Å². The molecule has 0 atom stereocenters. The van der Waals surface area contributed by atoms with Gasteiger partial charge in [-0.2, -0.15) is 0 Å². The molecule has 2 aromatic rings. The number of carbonyl (C=O) groups excluding carboxylic acids is 1. The summed E-state index contributed by atoms with van der Waals surface area (Å²) in [7, 11) is 0. The largest absolute Gasteiger partial charge is 0.478 e. The Balaban J connectivity index is 2.57. The van der Waals surface area contributed by atoms with Gasteiger partial charge in [0.1, 0.15) is 5.82 Å². The van der Waals surface area contributed by atoms with E-state index in [1.807, 2.05) is 11.5 Å². The number of aryl methyl sites for hydroxylation is 1. The van der Waals surface area contributed by atoms with Crippen LogP contribution in [0.4, 0.5) is 0 Å². The van der Waals surface area contributed by atoms with Crippen molar-refractivity contribution in [3.8, 4) is 0 Å². The predicted octanol–water partition coefficient (Wildman–Crippen LogP) is 1.55. The van der Waals surface area contributed by atoms with Crippen molar-refractivity contribution in [2.24, 2.45) is 11.1 Å². The average molecular weight is 275 g/mol. The van der Waals surface area contributed by atoms with E-state index in [9.17, 15) is 9.59 Å². The number of carbonyl (C=O) groups is 2. The molecule has 0 radical (unpaired) electrons. The molecule has 1 heterocycles. The predicted molar refractivity (Wildman–Crippen MR) is 74.4 cm³/mol. The standard InChI is InChI=1S/C14H17N3O3/c1-8-16-10-5-4-9(12(18)19)6-11(10)17(8)7-14(2,3)13(15)20/h4-6H,7H2,1-3H3,(H2,15,20)(H,18,19). The lowest BCUT2D eigenvalue weighted by molar-refractivity contribution is -0.126. The first-order chi connectivity index (χ1) is 9.22. The van der Waals surface area contributed by atoms with Crippen LogP contribution in [0.25, 0.3) is 11.0 Å². The number of nitrogens with two attached hydrogens (primary N) is 1. The lowest BCUT2D eigenvalue weighted by atomic mass is 9.92. The monoisotopic (exact) mass is 275 g/mol. The SMILES string of the molecule is Cc1nc2ccc(C(=O)O)cc2n1CC(C)(C)C(N)=O. The van der Waals surface area contributed by atoms with Gasteiger partial charge in [0.2, 0.25) is 5.91 Å². The molecule has 2 rings (SSSR count). The third-order valence-electron chi connectivity index (χ3n) is 3.41. The van der Waals surface area contributed by atoms with Gasteiger partial charge in [-0.15, -0.1) is 0 Å². The first kappa shape index (κ1) is 14.0. The highest BCUT2D eigenvalue weighted by molar-refractivity contribution is 5.92. The topological polar surface area (TPSA) is 98.2 Å². The van der Waals surface area contributed by atoms with E-state index >= 15 is 0 Å². The van der Waals surface area contributed by atoms with Crippen LogP contribution in [0, 0.1) is 12.3 Å². The fourth-order valence-corrected chi connectivity index (χ4v) is 2.05. The smallest absolute Gasteiger partial charge is 0.335 e. The second-order valence-electron chi connectivity index (χ2n) is 5.50. The number of fused-ring (bicyclic) bond motifs is 1. The second kappa shape index (κ2) is 4.63. The molecular formula is C14H17N3O3. The third kappa shape index (κ3) is 2.36. The summed E-state index contributed by atoms with van der Waals surface area (Å²) in [5.74, 6) is -0.684. The van der Waals surface area contributed by atoms with Gasteiger partial charge in [0.15, 0.2) is 0 Å². The van der Waals surface area contributed by atoms with Gasteiger partial charge < -0.3 is 15.4 Å². The van der Waals surface area contributed by atoms with Crippen LogP contribution in [0.15, 0.2) is 18.2 Å². The molecular weight excluding hydrogens is 258 g/mol. The van der Waals surface area contributed by atoms with Crippen molar-refractivity contribution in [2.45, 2.75) is 27.3 Å². The van der Waals surface area contributed by atoms with E-state index in [2.05, 4.69) is 4.98 Å². The molecule has 1 aromatic carbocycles. The van der Waals surface area contributed by atoms with Crippen molar-refractivity contribution < 1.29 is 14.7 Å². The van der Waals surface area contributed by atoms with Gasteiger partial charge in [-0.25, -0.2) is 9.78 Å². The molecule has 0 unspecified atom stereocenters. The molecule has 1 aromatic heterocycles.